The van der Waals surface area contributed by atoms with E-state index in [0.717, 1.165) is 6.42 Å². The van der Waals surface area contributed by atoms with Crippen molar-refractivity contribution in [3.05, 3.63) is 0 Å². The van der Waals surface area contributed by atoms with Gasteiger partial charge in [0.1, 0.15) is 5.78 Å². The minimum Gasteiger partial charge on any atom is -0.353 e. The lowest BCUT2D eigenvalue weighted by Crippen LogP contribution is -2.42. The van der Waals surface area contributed by atoms with Crippen LogP contribution >= 0.6 is 11.8 Å². The monoisotopic (exact) mass is 285 g/mol. The number of carbonyl (C=O) groups excluding carboxylic acids is 2. The fraction of sp³-hybridized carbons (Fsp3) is 0.867. The Morgan fingerprint density at radius 3 is 2.47 bits per heavy atom. The van der Waals surface area contributed by atoms with Gasteiger partial charge in [0.25, 0.3) is 0 Å². The Morgan fingerprint density at radius 2 is 2.00 bits per heavy atom. The number of hydrogen-bond donors (Lipinski definition) is 1. The van der Waals surface area contributed by atoms with Crippen molar-refractivity contribution in [2.75, 3.05) is 0 Å². The number of Topliss-reactive ketones (excluding diaryl/α,β-unsaturated/α-hetero) is 1. The third-order valence-corrected chi connectivity index (χ3v) is 5.41. The molecule has 1 aliphatic rings. The van der Waals surface area contributed by atoms with Crippen LogP contribution in [0.15, 0.2) is 0 Å². The van der Waals surface area contributed by atoms with E-state index in [1.165, 1.54) is 0 Å². The molecule has 1 aliphatic heterocycles. The Balaban J connectivity index is 2.76. The van der Waals surface area contributed by atoms with Crippen molar-refractivity contribution in [2.24, 2.45) is 11.3 Å². The third-order valence-electron chi connectivity index (χ3n) is 3.76. The van der Waals surface area contributed by atoms with Gasteiger partial charge in [0.05, 0.1) is 5.25 Å². The van der Waals surface area contributed by atoms with E-state index >= 15 is 0 Å². The van der Waals surface area contributed by atoms with E-state index in [9.17, 15) is 9.59 Å². The minimum atomic E-state index is -0.483. The summed E-state index contributed by atoms with van der Waals surface area (Å²) in [6.45, 7) is 11.9. The Hall–Kier alpha value is -0.510. The summed E-state index contributed by atoms with van der Waals surface area (Å²) in [4.78, 5) is 24.5. The van der Waals surface area contributed by atoms with Crippen LogP contribution in [0, 0.1) is 11.3 Å². The molecule has 0 bridgehead atoms. The molecule has 0 saturated carbocycles. The van der Waals surface area contributed by atoms with Crippen molar-refractivity contribution in [3.63, 3.8) is 0 Å². The molecule has 1 N–H and O–H groups in total. The average molecular weight is 285 g/mol. The highest BCUT2D eigenvalue weighted by atomic mass is 32.2. The molecule has 0 aromatic rings. The zero-order valence-corrected chi connectivity index (χ0v) is 13.8. The zero-order chi connectivity index (χ0) is 14.8. The van der Waals surface area contributed by atoms with Gasteiger partial charge in [-0.2, -0.15) is 0 Å². The van der Waals surface area contributed by atoms with E-state index in [0.29, 0.717) is 17.5 Å². The Morgan fingerprint density at radius 1 is 1.42 bits per heavy atom. The molecule has 0 aliphatic carbocycles. The molecule has 1 amide bonds. The van der Waals surface area contributed by atoms with Crippen molar-refractivity contribution >= 4 is 23.5 Å². The van der Waals surface area contributed by atoms with Gasteiger partial charge in [0.15, 0.2) is 0 Å². The van der Waals surface area contributed by atoms with E-state index in [-0.39, 0.29) is 23.1 Å². The van der Waals surface area contributed by atoms with E-state index in [4.69, 9.17) is 0 Å². The highest BCUT2D eigenvalue weighted by molar-refractivity contribution is 8.01. The average Bonchev–Trinajstić information content (AvgIpc) is 2.55. The van der Waals surface area contributed by atoms with Gasteiger partial charge < -0.3 is 5.32 Å². The lowest BCUT2D eigenvalue weighted by molar-refractivity contribution is -0.132. The second kappa shape index (κ2) is 6.29. The summed E-state index contributed by atoms with van der Waals surface area (Å²) in [5, 5.41) is 3.41. The van der Waals surface area contributed by atoms with Crippen LogP contribution in [-0.2, 0) is 9.59 Å². The molecule has 0 radical (unpaired) electrons. The van der Waals surface area contributed by atoms with Gasteiger partial charge in [0, 0.05) is 22.6 Å². The standard InChI is InChI=1S/C15H27NO2S/c1-7-12-11(13(17)10(4)19-12)8-15(5,6)14(18)16-9(2)3/h9-12H,7-8H2,1-6H3,(H,16,18). The summed E-state index contributed by atoms with van der Waals surface area (Å²) < 4.78 is 0. The molecule has 0 aromatic heterocycles. The predicted octanol–water partition coefficient (Wildman–Crippen LogP) is 3.03. The largest absolute Gasteiger partial charge is 0.353 e. The Labute approximate surface area is 121 Å². The molecule has 1 heterocycles. The van der Waals surface area contributed by atoms with Crippen molar-refractivity contribution in [2.45, 2.75) is 70.9 Å². The number of rotatable bonds is 5. The number of ketones is 1. The molecular weight excluding hydrogens is 258 g/mol. The number of nitrogens with one attached hydrogen (secondary N) is 1. The van der Waals surface area contributed by atoms with Gasteiger partial charge in [-0.05, 0) is 33.6 Å². The molecule has 0 aromatic carbocycles. The molecule has 4 heteroatoms. The van der Waals surface area contributed by atoms with Gasteiger partial charge in [-0.15, -0.1) is 11.8 Å². The lowest BCUT2D eigenvalue weighted by atomic mass is 9.78. The Kier molecular flexibility index (Phi) is 5.48. The summed E-state index contributed by atoms with van der Waals surface area (Å²) in [6.07, 6.45) is 1.65. The van der Waals surface area contributed by atoms with Crippen molar-refractivity contribution in [3.8, 4) is 0 Å². The van der Waals surface area contributed by atoms with Crippen molar-refractivity contribution < 1.29 is 9.59 Å². The van der Waals surface area contributed by atoms with Crippen molar-refractivity contribution in [1.29, 1.82) is 0 Å². The maximum atomic E-state index is 12.2. The first-order chi connectivity index (χ1) is 8.69. The maximum Gasteiger partial charge on any atom is 0.225 e. The number of carbonyl (C=O) groups is 2. The first-order valence-electron chi connectivity index (χ1n) is 7.19. The van der Waals surface area contributed by atoms with Gasteiger partial charge in [0.2, 0.25) is 5.91 Å². The van der Waals surface area contributed by atoms with E-state index in [1.807, 2.05) is 34.6 Å². The molecule has 1 saturated heterocycles. The summed E-state index contributed by atoms with van der Waals surface area (Å²) in [7, 11) is 0. The lowest BCUT2D eigenvalue weighted by Gasteiger charge is -2.29. The predicted molar refractivity (Wildman–Crippen MR) is 81.3 cm³/mol. The van der Waals surface area contributed by atoms with E-state index in [2.05, 4.69) is 12.2 Å². The third kappa shape index (κ3) is 3.98. The number of hydrogen-bond acceptors (Lipinski definition) is 3. The molecular formula is C15H27NO2S. The summed E-state index contributed by atoms with van der Waals surface area (Å²) >= 11 is 1.77. The van der Waals surface area contributed by atoms with Crippen LogP contribution in [0.4, 0.5) is 0 Å². The molecule has 110 valence electrons. The fourth-order valence-electron chi connectivity index (χ4n) is 2.62. The summed E-state index contributed by atoms with van der Waals surface area (Å²) in [5.74, 6) is 0.398. The van der Waals surface area contributed by atoms with Crippen LogP contribution in [-0.4, -0.2) is 28.2 Å². The van der Waals surface area contributed by atoms with Gasteiger partial charge in [-0.1, -0.05) is 20.8 Å². The molecule has 3 atom stereocenters. The topological polar surface area (TPSA) is 46.2 Å². The first-order valence-corrected chi connectivity index (χ1v) is 8.13. The smallest absolute Gasteiger partial charge is 0.225 e. The summed E-state index contributed by atoms with van der Waals surface area (Å²) in [6, 6.07) is 0.140. The minimum absolute atomic E-state index is 0.0258. The van der Waals surface area contributed by atoms with Gasteiger partial charge in [-0.3, -0.25) is 9.59 Å². The molecule has 19 heavy (non-hydrogen) atoms. The first kappa shape index (κ1) is 16.5. The number of thioether (sulfide) groups is 1. The highest BCUT2D eigenvalue weighted by Crippen LogP contribution is 2.42. The normalized spacial score (nSPS) is 27.9. The molecule has 1 rings (SSSR count). The van der Waals surface area contributed by atoms with Crippen LogP contribution in [0.3, 0.4) is 0 Å². The van der Waals surface area contributed by atoms with Crippen LogP contribution < -0.4 is 5.32 Å². The van der Waals surface area contributed by atoms with Gasteiger partial charge in [-0.25, -0.2) is 0 Å². The van der Waals surface area contributed by atoms with E-state index < -0.39 is 5.41 Å². The number of amides is 1. The van der Waals surface area contributed by atoms with Crippen LogP contribution in [0.2, 0.25) is 0 Å². The molecule has 3 nitrogen and oxygen atoms in total. The van der Waals surface area contributed by atoms with Gasteiger partial charge >= 0.3 is 0 Å². The van der Waals surface area contributed by atoms with E-state index in [1.54, 1.807) is 11.8 Å². The SMILES string of the molecule is CCC1SC(C)C(=O)C1CC(C)(C)C(=O)NC(C)C. The molecule has 3 unspecified atom stereocenters. The summed E-state index contributed by atoms with van der Waals surface area (Å²) in [5.41, 5.74) is -0.483. The molecule has 0 spiro atoms. The van der Waals surface area contributed by atoms with Crippen LogP contribution in [0.1, 0.15) is 54.4 Å². The Bertz CT molecular complexity index is 352. The fourth-order valence-corrected chi connectivity index (χ4v) is 4.07. The van der Waals surface area contributed by atoms with Crippen LogP contribution in [0.25, 0.3) is 0 Å². The second-order valence-electron chi connectivity index (χ2n) is 6.45. The quantitative estimate of drug-likeness (QED) is 0.844. The van der Waals surface area contributed by atoms with Crippen molar-refractivity contribution in [1.82, 2.24) is 5.32 Å². The van der Waals surface area contributed by atoms with Crippen LogP contribution in [0.5, 0.6) is 0 Å². The highest BCUT2D eigenvalue weighted by Gasteiger charge is 2.43. The second-order valence-corrected chi connectivity index (χ2v) is 8.03. The molecule has 1 fully saturated rings. The zero-order valence-electron chi connectivity index (χ0n) is 12.9. The maximum absolute atomic E-state index is 12.2.